The summed E-state index contributed by atoms with van der Waals surface area (Å²) in [6.07, 6.45) is -3.67. The zero-order valence-electron chi connectivity index (χ0n) is 14.7. The van der Waals surface area contributed by atoms with Crippen LogP contribution in [-0.2, 0) is 17.4 Å². The number of rotatable bonds is 5. The van der Waals surface area contributed by atoms with Gasteiger partial charge in [0.1, 0.15) is 0 Å². The Bertz CT molecular complexity index is 1030. The number of carbonyl (C=O) groups is 2. The third-order valence-electron chi connectivity index (χ3n) is 3.91. The molecule has 0 aliphatic heterocycles. The van der Waals surface area contributed by atoms with Crippen LogP contribution in [0.2, 0.25) is 5.02 Å². The SMILES string of the molecule is O=C(Cc1ccccc1Cl)Nc1ccc(NC(=O)c2ccco2)cc1C(F)(F)F. The van der Waals surface area contributed by atoms with Crippen LogP contribution in [0.4, 0.5) is 24.5 Å². The Balaban J connectivity index is 1.80. The lowest BCUT2D eigenvalue weighted by Crippen LogP contribution is -2.19. The predicted molar refractivity (Wildman–Crippen MR) is 102 cm³/mol. The molecule has 1 aromatic heterocycles. The minimum atomic E-state index is -4.75. The maximum absolute atomic E-state index is 13.5. The Labute approximate surface area is 168 Å². The summed E-state index contributed by atoms with van der Waals surface area (Å²) in [5.41, 5.74) is -1.13. The summed E-state index contributed by atoms with van der Waals surface area (Å²) in [4.78, 5) is 24.2. The van der Waals surface area contributed by atoms with Gasteiger partial charge in [-0.3, -0.25) is 9.59 Å². The molecule has 2 aromatic carbocycles. The van der Waals surface area contributed by atoms with Crippen molar-refractivity contribution in [3.8, 4) is 0 Å². The largest absolute Gasteiger partial charge is 0.459 e. The molecule has 0 spiro atoms. The number of nitrogens with one attached hydrogen (secondary N) is 2. The Morgan fingerprint density at radius 1 is 1.00 bits per heavy atom. The second-order valence-electron chi connectivity index (χ2n) is 6.01. The van der Waals surface area contributed by atoms with Crippen molar-refractivity contribution in [1.82, 2.24) is 0 Å². The monoisotopic (exact) mass is 422 g/mol. The van der Waals surface area contributed by atoms with Gasteiger partial charge in [-0.2, -0.15) is 13.2 Å². The molecule has 0 saturated carbocycles. The molecule has 29 heavy (non-hydrogen) atoms. The van der Waals surface area contributed by atoms with E-state index in [0.717, 1.165) is 12.1 Å². The van der Waals surface area contributed by atoms with Crippen LogP contribution in [0.3, 0.4) is 0 Å². The zero-order chi connectivity index (χ0) is 21.0. The molecule has 9 heteroatoms. The van der Waals surface area contributed by atoms with Crippen molar-refractivity contribution in [2.24, 2.45) is 0 Å². The third-order valence-corrected chi connectivity index (χ3v) is 4.28. The quantitative estimate of drug-likeness (QED) is 0.579. The number of amides is 2. The van der Waals surface area contributed by atoms with Crippen LogP contribution in [-0.4, -0.2) is 11.8 Å². The van der Waals surface area contributed by atoms with Gasteiger partial charge in [0.25, 0.3) is 5.91 Å². The average Bonchev–Trinajstić information content (AvgIpc) is 3.19. The van der Waals surface area contributed by atoms with E-state index >= 15 is 0 Å². The van der Waals surface area contributed by atoms with Crippen LogP contribution in [0.25, 0.3) is 0 Å². The van der Waals surface area contributed by atoms with E-state index in [4.69, 9.17) is 16.0 Å². The Morgan fingerprint density at radius 2 is 1.76 bits per heavy atom. The van der Waals surface area contributed by atoms with Crippen LogP contribution in [0.15, 0.2) is 65.3 Å². The number of benzene rings is 2. The molecule has 0 radical (unpaired) electrons. The van der Waals surface area contributed by atoms with E-state index in [-0.39, 0.29) is 17.9 Å². The lowest BCUT2D eigenvalue weighted by atomic mass is 10.1. The van der Waals surface area contributed by atoms with Gasteiger partial charge in [-0.05, 0) is 42.0 Å². The topological polar surface area (TPSA) is 71.3 Å². The Hall–Kier alpha value is -3.26. The van der Waals surface area contributed by atoms with Gasteiger partial charge in [0, 0.05) is 10.7 Å². The van der Waals surface area contributed by atoms with Crippen molar-refractivity contribution < 1.29 is 27.2 Å². The van der Waals surface area contributed by atoms with Crippen LogP contribution in [0, 0.1) is 0 Å². The number of furan rings is 1. The summed E-state index contributed by atoms with van der Waals surface area (Å²) in [6, 6.07) is 12.5. The molecule has 3 rings (SSSR count). The average molecular weight is 423 g/mol. The van der Waals surface area contributed by atoms with Crippen LogP contribution in [0.5, 0.6) is 0 Å². The number of alkyl halides is 3. The molecule has 1 heterocycles. The molecule has 0 saturated heterocycles. The minimum Gasteiger partial charge on any atom is -0.459 e. The molecule has 5 nitrogen and oxygen atoms in total. The molecule has 0 aliphatic rings. The van der Waals surface area contributed by atoms with Crippen molar-refractivity contribution in [3.05, 3.63) is 82.8 Å². The second kappa shape index (κ2) is 8.40. The molecular formula is C20H14ClF3N2O3. The second-order valence-corrected chi connectivity index (χ2v) is 6.41. The summed E-state index contributed by atoms with van der Waals surface area (Å²) in [6.45, 7) is 0. The van der Waals surface area contributed by atoms with E-state index in [2.05, 4.69) is 10.6 Å². The lowest BCUT2D eigenvalue weighted by molar-refractivity contribution is -0.136. The molecular weight excluding hydrogens is 409 g/mol. The molecule has 150 valence electrons. The van der Waals surface area contributed by atoms with Gasteiger partial charge in [-0.15, -0.1) is 0 Å². The first-order valence-corrected chi connectivity index (χ1v) is 8.71. The maximum atomic E-state index is 13.5. The first-order valence-electron chi connectivity index (χ1n) is 8.33. The predicted octanol–water partition coefficient (Wildman–Crippen LogP) is 5.39. The van der Waals surface area contributed by atoms with Crippen LogP contribution >= 0.6 is 11.6 Å². The van der Waals surface area contributed by atoms with E-state index in [0.29, 0.717) is 10.6 Å². The van der Waals surface area contributed by atoms with E-state index in [1.165, 1.54) is 24.5 Å². The summed E-state index contributed by atoms with van der Waals surface area (Å²) >= 11 is 5.98. The summed E-state index contributed by atoms with van der Waals surface area (Å²) in [5.74, 6) is -1.40. The number of hydrogen-bond acceptors (Lipinski definition) is 3. The van der Waals surface area contributed by atoms with Crippen molar-refractivity contribution in [1.29, 1.82) is 0 Å². The fourth-order valence-corrected chi connectivity index (χ4v) is 2.78. The molecule has 0 atom stereocenters. The lowest BCUT2D eigenvalue weighted by Gasteiger charge is -2.16. The normalized spacial score (nSPS) is 11.2. The van der Waals surface area contributed by atoms with Crippen molar-refractivity contribution in [3.63, 3.8) is 0 Å². The van der Waals surface area contributed by atoms with Crippen LogP contribution < -0.4 is 10.6 Å². The Morgan fingerprint density at radius 3 is 2.41 bits per heavy atom. The van der Waals surface area contributed by atoms with Gasteiger partial charge in [0.05, 0.1) is 23.9 Å². The zero-order valence-corrected chi connectivity index (χ0v) is 15.5. The van der Waals surface area contributed by atoms with E-state index in [1.807, 2.05) is 0 Å². The molecule has 0 aliphatic carbocycles. The fourth-order valence-electron chi connectivity index (χ4n) is 2.58. The standard InChI is InChI=1S/C20H14ClF3N2O3/c21-15-5-2-1-4-12(15)10-18(27)26-16-8-7-13(11-14(16)20(22,23)24)25-19(28)17-6-3-9-29-17/h1-9,11H,10H2,(H,25,28)(H,26,27). The van der Waals surface area contributed by atoms with E-state index in [9.17, 15) is 22.8 Å². The third kappa shape index (κ3) is 5.17. The highest BCUT2D eigenvalue weighted by Crippen LogP contribution is 2.37. The highest BCUT2D eigenvalue weighted by molar-refractivity contribution is 6.31. The highest BCUT2D eigenvalue weighted by atomic mass is 35.5. The van der Waals surface area contributed by atoms with Crippen molar-refractivity contribution >= 4 is 34.8 Å². The molecule has 2 amide bonds. The number of anilines is 2. The maximum Gasteiger partial charge on any atom is 0.418 e. The van der Waals surface area contributed by atoms with Crippen molar-refractivity contribution in [2.75, 3.05) is 10.6 Å². The van der Waals surface area contributed by atoms with Gasteiger partial charge in [0.2, 0.25) is 5.91 Å². The van der Waals surface area contributed by atoms with Gasteiger partial charge in [-0.25, -0.2) is 0 Å². The van der Waals surface area contributed by atoms with Crippen LogP contribution in [0.1, 0.15) is 21.7 Å². The molecule has 3 aromatic rings. The van der Waals surface area contributed by atoms with E-state index in [1.54, 1.807) is 24.3 Å². The minimum absolute atomic E-state index is 0.0457. The molecule has 0 bridgehead atoms. The first-order chi connectivity index (χ1) is 13.7. The molecule has 0 fully saturated rings. The Kier molecular flexibility index (Phi) is 5.93. The molecule has 2 N–H and O–H groups in total. The smallest absolute Gasteiger partial charge is 0.418 e. The number of halogens is 4. The number of carbonyl (C=O) groups excluding carboxylic acids is 2. The number of hydrogen-bond donors (Lipinski definition) is 2. The fraction of sp³-hybridized carbons (Fsp3) is 0.100. The van der Waals surface area contributed by atoms with Gasteiger partial charge in [0.15, 0.2) is 5.76 Å². The van der Waals surface area contributed by atoms with Crippen molar-refractivity contribution in [2.45, 2.75) is 12.6 Å². The summed E-state index contributed by atoms with van der Waals surface area (Å²) in [5, 5.41) is 4.92. The van der Waals surface area contributed by atoms with Gasteiger partial charge in [-0.1, -0.05) is 29.8 Å². The van der Waals surface area contributed by atoms with Gasteiger partial charge >= 0.3 is 6.18 Å². The van der Waals surface area contributed by atoms with Gasteiger partial charge < -0.3 is 15.1 Å². The summed E-state index contributed by atoms with van der Waals surface area (Å²) in [7, 11) is 0. The first kappa shape index (κ1) is 20.5. The van der Waals surface area contributed by atoms with E-state index < -0.39 is 29.2 Å². The summed E-state index contributed by atoms with van der Waals surface area (Å²) < 4.78 is 45.3. The highest BCUT2D eigenvalue weighted by Gasteiger charge is 2.34. The molecule has 0 unspecified atom stereocenters.